The van der Waals surface area contributed by atoms with E-state index in [1.54, 1.807) is 0 Å². The number of rotatable bonds is 4. The van der Waals surface area contributed by atoms with Crippen LogP contribution >= 0.6 is 11.3 Å². The fourth-order valence-corrected chi connectivity index (χ4v) is 4.81. The Labute approximate surface area is 164 Å². The van der Waals surface area contributed by atoms with Crippen molar-refractivity contribution in [2.45, 2.75) is 45.7 Å². The Morgan fingerprint density at radius 2 is 1.93 bits per heavy atom. The number of hydrogen-bond acceptors (Lipinski definition) is 4. The van der Waals surface area contributed by atoms with Gasteiger partial charge >= 0.3 is 0 Å². The number of para-hydroxylation sites is 1. The largest absolute Gasteiger partial charge is 0.349 e. The van der Waals surface area contributed by atoms with Crippen molar-refractivity contribution in [3.05, 3.63) is 47.0 Å². The summed E-state index contributed by atoms with van der Waals surface area (Å²) < 4.78 is 1.94. The Morgan fingerprint density at radius 1 is 1.22 bits per heavy atom. The minimum absolute atomic E-state index is 0.0400. The van der Waals surface area contributed by atoms with Crippen LogP contribution < -0.4 is 5.32 Å². The second kappa shape index (κ2) is 7.44. The van der Waals surface area contributed by atoms with Crippen LogP contribution in [0.1, 0.15) is 42.1 Å². The van der Waals surface area contributed by atoms with E-state index < -0.39 is 0 Å². The van der Waals surface area contributed by atoms with Gasteiger partial charge in [-0.15, -0.1) is 11.3 Å². The van der Waals surface area contributed by atoms with Gasteiger partial charge in [0.1, 0.15) is 4.83 Å². The maximum absolute atomic E-state index is 12.8. The van der Waals surface area contributed by atoms with Gasteiger partial charge in [0, 0.05) is 30.6 Å². The third kappa shape index (κ3) is 3.64. The third-order valence-corrected chi connectivity index (χ3v) is 6.47. The highest BCUT2D eigenvalue weighted by atomic mass is 32.1. The Bertz CT molecular complexity index is 936. The summed E-state index contributed by atoms with van der Waals surface area (Å²) >= 11 is 1.52. The zero-order chi connectivity index (χ0) is 19.0. The van der Waals surface area contributed by atoms with Crippen LogP contribution in [0.15, 0.2) is 36.4 Å². The summed E-state index contributed by atoms with van der Waals surface area (Å²) in [7, 11) is 0. The van der Waals surface area contributed by atoms with Gasteiger partial charge in [-0.2, -0.15) is 5.10 Å². The molecule has 1 aliphatic rings. The molecule has 2 aromatic heterocycles. The average Bonchev–Trinajstić information content (AvgIpc) is 3.24. The average molecular weight is 383 g/mol. The summed E-state index contributed by atoms with van der Waals surface area (Å²) in [5.41, 5.74) is 1.97. The van der Waals surface area contributed by atoms with Gasteiger partial charge in [0.2, 0.25) is 0 Å². The molecule has 3 aromatic rings. The van der Waals surface area contributed by atoms with E-state index >= 15 is 0 Å². The fraction of sp³-hybridized carbons (Fsp3) is 0.429. The number of piperidine rings is 1. The molecule has 0 atom stereocenters. The molecule has 1 fully saturated rings. The van der Waals surface area contributed by atoms with E-state index in [0.29, 0.717) is 6.04 Å². The number of thiophene rings is 1. The molecule has 27 heavy (non-hydrogen) atoms. The molecular formula is C21H26N4OS. The number of aromatic nitrogens is 2. The van der Waals surface area contributed by atoms with Gasteiger partial charge in [-0.25, -0.2) is 4.68 Å². The molecule has 0 bridgehead atoms. The molecule has 4 rings (SSSR count). The van der Waals surface area contributed by atoms with Gasteiger partial charge in [-0.3, -0.25) is 4.79 Å². The molecule has 1 amide bonds. The highest BCUT2D eigenvalue weighted by molar-refractivity contribution is 7.20. The van der Waals surface area contributed by atoms with Crippen LogP contribution in [0.5, 0.6) is 0 Å². The fourth-order valence-electron chi connectivity index (χ4n) is 3.72. The predicted molar refractivity (Wildman–Crippen MR) is 111 cm³/mol. The van der Waals surface area contributed by atoms with Crippen LogP contribution in [0.3, 0.4) is 0 Å². The van der Waals surface area contributed by atoms with E-state index in [2.05, 4.69) is 29.2 Å². The highest BCUT2D eigenvalue weighted by Gasteiger charge is 2.24. The van der Waals surface area contributed by atoms with Crippen LogP contribution in [-0.4, -0.2) is 45.8 Å². The maximum atomic E-state index is 12.8. The number of aryl methyl sites for hydroxylation is 1. The quantitative estimate of drug-likeness (QED) is 0.742. The first-order valence-electron chi connectivity index (χ1n) is 9.62. The van der Waals surface area contributed by atoms with Crippen molar-refractivity contribution in [3.63, 3.8) is 0 Å². The van der Waals surface area contributed by atoms with Crippen LogP contribution in [0.4, 0.5) is 0 Å². The molecule has 1 aliphatic heterocycles. The predicted octanol–water partition coefficient (Wildman–Crippen LogP) is 4.00. The molecule has 1 N–H and O–H groups in total. The minimum atomic E-state index is 0.0400. The van der Waals surface area contributed by atoms with Crippen molar-refractivity contribution in [3.8, 4) is 5.69 Å². The van der Waals surface area contributed by atoms with Gasteiger partial charge in [0.25, 0.3) is 5.91 Å². The highest BCUT2D eigenvalue weighted by Crippen LogP contribution is 2.30. The Kier molecular flexibility index (Phi) is 5.02. The van der Waals surface area contributed by atoms with E-state index in [0.717, 1.165) is 52.4 Å². The Balaban J connectivity index is 1.52. The second-order valence-electron chi connectivity index (χ2n) is 7.54. The van der Waals surface area contributed by atoms with Crippen molar-refractivity contribution >= 4 is 27.5 Å². The number of amides is 1. The number of carbonyl (C=O) groups excluding carboxylic acids is 1. The molecule has 5 nitrogen and oxygen atoms in total. The lowest BCUT2D eigenvalue weighted by atomic mass is 10.0. The van der Waals surface area contributed by atoms with Gasteiger partial charge < -0.3 is 10.2 Å². The molecule has 0 spiro atoms. The number of fused-ring (bicyclic) bond motifs is 1. The van der Waals surface area contributed by atoms with Crippen molar-refractivity contribution in [1.29, 1.82) is 0 Å². The normalized spacial score (nSPS) is 16.3. The van der Waals surface area contributed by atoms with E-state index in [9.17, 15) is 4.79 Å². The molecule has 6 heteroatoms. The van der Waals surface area contributed by atoms with Crippen molar-refractivity contribution in [2.75, 3.05) is 13.1 Å². The molecule has 3 heterocycles. The lowest BCUT2D eigenvalue weighted by molar-refractivity contribution is 0.0905. The maximum Gasteiger partial charge on any atom is 0.261 e. The van der Waals surface area contributed by atoms with Gasteiger partial charge in [0.15, 0.2) is 0 Å². The topological polar surface area (TPSA) is 50.2 Å². The number of likely N-dealkylation sites (tertiary alicyclic amines) is 1. The number of nitrogens with one attached hydrogen (secondary N) is 1. The molecule has 0 unspecified atom stereocenters. The van der Waals surface area contributed by atoms with Crippen molar-refractivity contribution in [2.24, 2.45) is 0 Å². The van der Waals surface area contributed by atoms with Crippen molar-refractivity contribution in [1.82, 2.24) is 20.0 Å². The summed E-state index contributed by atoms with van der Waals surface area (Å²) in [6.07, 6.45) is 2.04. The Morgan fingerprint density at radius 3 is 2.59 bits per heavy atom. The summed E-state index contributed by atoms with van der Waals surface area (Å²) in [4.78, 5) is 17.1. The summed E-state index contributed by atoms with van der Waals surface area (Å²) in [5, 5.41) is 8.95. The SMILES string of the molecule is Cc1nn(-c2ccccc2)c2sc(C(=O)NC3CCN(C(C)C)CC3)cc12. The molecule has 0 radical (unpaired) electrons. The van der Waals surface area contributed by atoms with Crippen LogP contribution in [0.2, 0.25) is 0 Å². The monoisotopic (exact) mass is 382 g/mol. The van der Waals surface area contributed by atoms with E-state index in [-0.39, 0.29) is 11.9 Å². The number of carbonyl (C=O) groups is 1. The summed E-state index contributed by atoms with van der Waals surface area (Å²) in [5.74, 6) is 0.0400. The standard InChI is InChI=1S/C21H26N4OS/c1-14(2)24-11-9-16(10-12-24)22-20(26)19-13-18-15(3)23-25(21(18)27-19)17-7-5-4-6-8-17/h4-8,13-14,16H,9-12H2,1-3H3,(H,22,26). The molecular weight excluding hydrogens is 356 g/mol. The van der Waals surface area contributed by atoms with E-state index in [4.69, 9.17) is 0 Å². The molecule has 1 aromatic carbocycles. The molecule has 0 aliphatic carbocycles. The van der Waals surface area contributed by atoms with Gasteiger partial charge in [-0.1, -0.05) is 18.2 Å². The minimum Gasteiger partial charge on any atom is -0.349 e. The summed E-state index contributed by atoms with van der Waals surface area (Å²) in [6, 6.07) is 12.9. The first kappa shape index (κ1) is 18.2. The lowest BCUT2D eigenvalue weighted by Gasteiger charge is -2.34. The smallest absolute Gasteiger partial charge is 0.261 e. The number of hydrogen-bond donors (Lipinski definition) is 1. The number of benzene rings is 1. The summed E-state index contributed by atoms with van der Waals surface area (Å²) in [6.45, 7) is 8.56. The lowest BCUT2D eigenvalue weighted by Crippen LogP contribution is -2.46. The first-order chi connectivity index (χ1) is 13.0. The van der Waals surface area contributed by atoms with Gasteiger partial charge in [0.05, 0.1) is 16.3 Å². The van der Waals surface area contributed by atoms with Crippen LogP contribution in [0.25, 0.3) is 15.9 Å². The van der Waals surface area contributed by atoms with Crippen LogP contribution in [0, 0.1) is 6.92 Å². The first-order valence-corrected chi connectivity index (χ1v) is 10.4. The van der Waals surface area contributed by atoms with Crippen molar-refractivity contribution < 1.29 is 4.79 Å². The van der Waals surface area contributed by atoms with Crippen LogP contribution in [-0.2, 0) is 0 Å². The van der Waals surface area contributed by atoms with E-state index in [1.807, 2.05) is 48.0 Å². The van der Waals surface area contributed by atoms with Gasteiger partial charge in [-0.05, 0) is 51.8 Å². The molecule has 142 valence electrons. The number of nitrogens with zero attached hydrogens (tertiary/aromatic N) is 3. The zero-order valence-electron chi connectivity index (χ0n) is 16.1. The molecule has 0 saturated carbocycles. The zero-order valence-corrected chi connectivity index (χ0v) is 16.9. The van der Waals surface area contributed by atoms with E-state index in [1.165, 1.54) is 11.3 Å². The second-order valence-corrected chi connectivity index (χ2v) is 8.57. The molecule has 1 saturated heterocycles. The Hall–Kier alpha value is -2.18. The third-order valence-electron chi connectivity index (χ3n) is 5.36.